The van der Waals surface area contributed by atoms with Crippen molar-refractivity contribution in [2.75, 3.05) is 0 Å². The summed E-state index contributed by atoms with van der Waals surface area (Å²) in [5, 5.41) is 0. The molecule has 2 rings (SSSR count). The van der Waals surface area contributed by atoms with Crippen LogP contribution in [0, 0.1) is 6.92 Å². The highest BCUT2D eigenvalue weighted by Gasteiger charge is 2.05. The molecule has 1 heteroatoms. The Morgan fingerprint density at radius 2 is 1.79 bits per heavy atom. The molecule has 0 saturated heterocycles. The first-order chi connectivity index (χ1) is 9.20. The van der Waals surface area contributed by atoms with Crippen LogP contribution in [-0.4, -0.2) is 0 Å². The Hall–Kier alpha value is -2.12. The van der Waals surface area contributed by atoms with Gasteiger partial charge in [0.15, 0.2) is 0 Å². The number of benzene rings is 2. The summed E-state index contributed by atoms with van der Waals surface area (Å²) in [7, 11) is 0. The van der Waals surface area contributed by atoms with Gasteiger partial charge in [-0.3, -0.25) is 0 Å². The lowest BCUT2D eigenvalue weighted by atomic mass is 9.98. The Morgan fingerprint density at radius 1 is 1.05 bits per heavy atom. The molecule has 1 nitrogen and oxygen atoms in total. The average molecular weight is 249 g/mol. The molecule has 1 atom stereocenters. The summed E-state index contributed by atoms with van der Waals surface area (Å²) in [6, 6.07) is 16.3. The number of nitrogens with two attached hydrogens (primary N) is 1. The van der Waals surface area contributed by atoms with E-state index in [-0.39, 0.29) is 6.04 Å². The minimum absolute atomic E-state index is 0.0842. The van der Waals surface area contributed by atoms with Gasteiger partial charge in [-0.2, -0.15) is 0 Å². The largest absolute Gasteiger partial charge is 0.321 e. The van der Waals surface area contributed by atoms with Crippen molar-refractivity contribution in [1.82, 2.24) is 0 Å². The van der Waals surface area contributed by atoms with Crippen LogP contribution in [0.15, 0.2) is 61.2 Å². The maximum atomic E-state index is 6.22. The van der Waals surface area contributed by atoms with Gasteiger partial charge < -0.3 is 5.73 Å². The van der Waals surface area contributed by atoms with Crippen molar-refractivity contribution in [3.8, 4) is 0 Å². The van der Waals surface area contributed by atoms with Crippen LogP contribution in [0.5, 0.6) is 0 Å². The van der Waals surface area contributed by atoms with E-state index < -0.39 is 0 Å². The molecule has 0 fully saturated rings. The summed E-state index contributed by atoms with van der Waals surface area (Å²) < 4.78 is 0. The molecule has 2 N–H and O–H groups in total. The molecule has 0 aromatic heterocycles. The van der Waals surface area contributed by atoms with Gasteiger partial charge in [0.2, 0.25) is 0 Å². The van der Waals surface area contributed by atoms with Crippen molar-refractivity contribution in [1.29, 1.82) is 0 Å². The fourth-order valence-corrected chi connectivity index (χ4v) is 2.08. The molecule has 2 aromatic rings. The van der Waals surface area contributed by atoms with Crippen LogP contribution in [0.3, 0.4) is 0 Å². The molecule has 0 radical (unpaired) electrons. The van der Waals surface area contributed by atoms with Gasteiger partial charge in [0.1, 0.15) is 0 Å². The Balaban J connectivity index is 2.18. The third kappa shape index (κ3) is 3.43. The van der Waals surface area contributed by atoms with E-state index in [9.17, 15) is 0 Å². The van der Waals surface area contributed by atoms with E-state index in [1.807, 2.05) is 36.4 Å². The van der Waals surface area contributed by atoms with Gasteiger partial charge in [-0.15, -0.1) is 0 Å². The molecule has 0 amide bonds. The predicted molar refractivity (Wildman–Crippen MR) is 83.7 cm³/mol. The second-order valence-electron chi connectivity index (χ2n) is 4.62. The number of hydrogen-bond donors (Lipinski definition) is 1. The Labute approximate surface area is 115 Å². The van der Waals surface area contributed by atoms with Crippen molar-refractivity contribution < 1.29 is 0 Å². The summed E-state index contributed by atoms with van der Waals surface area (Å²) in [5.41, 5.74) is 10.9. The zero-order valence-corrected chi connectivity index (χ0v) is 11.2. The maximum Gasteiger partial charge on any atom is 0.0487 e. The molecule has 2 aromatic carbocycles. The maximum absolute atomic E-state index is 6.22. The summed E-state index contributed by atoms with van der Waals surface area (Å²) in [6.45, 7) is 5.86. The molecular weight excluding hydrogens is 230 g/mol. The van der Waals surface area contributed by atoms with Gasteiger partial charge in [-0.25, -0.2) is 0 Å². The van der Waals surface area contributed by atoms with E-state index >= 15 is 0 Å². The minimum atomic E-state index is -0.0842. The number of rotatable bonds is 4. The quantitative estimate of drug-likeness (QED) is 0.856. The lowest BCUT2D eigenvalue weighted by Crippen LogP contribution is -2.08. The molecular formula is C18H19N. The zero-order chi connectivity index (χ0) is 13.7. The van der Waals surface area contributed by atoms with Crippen LogP contribution >= 0.6 is 0 Å². The third-order valence-electron chi connectivity index (χ3n) is 3.18. The fourth-order valence-electron chi connectivity index (χ4n) is 2.08. The zero-order valence-electron chi connectivity index (χ0n) is 11.2. The molecule has 0 aliphatic heterocycles. The van der Waals surface area contributed by atoms with Crippen molar-refractivity contribution in [2.45, 2.75) is 13.0 Å². The number of aryl methyl sites for hydroxylation is 1. The smallest absolute Gasteiger partial charge is 0.0487 e. The van der Waals surface area contributed by atoms with Crippen LogP contribution in [-0.2, 0) is 0 Å². The lowest BCUT2D eigenvalue weighted by Gasteiger charge is -2.11. The molecule has 0 saturated carbocycles. The predicted octanol–water partition coefficient (Wildman–Crippen LogP) is 4.35. The normalized spacial score (nSPS) is 12.5. The highest BCUT2D eigenvalue weighted by molar-refractivity contribution is 5.53. The van der Waals surface area contributed by atoms with Gasteiger partial charge >= 0.3 is 0 Å². The first-order valence-corrected chi connectivity index (χ1v) is 6.42. The van der Waals surface area contributed by atoms with Crippen molar-refractivity contribution in [2.24, 2.45) is 5.73 Å². The van der Waals surface area contributed by atoms with E-state index in [1.54, 1.807) is 0 Å². The molecule has 96 valence electrons. The van der Waals surface area contributed by atoms with Crippen molar-refractivity contribution >= 4 is 12.2 Å². The van der Waals surface area contributed by atoms with E-state index in [2.05, 4.69) is 43.8 Å². The summed E-state index contributed by atoms with van der Waals surface area (Å²) in [6.07, 6.45) is 5.94. The Bertz CT molecular complexity index is 582. The molecule has 0 heterocycles. The van der Waals surface area contributed by atoms with Crippen molar-refractivity contribution in [3.05, 3.63) is 83.4 Å². The molecule has 0 spiro atoms. The summed E-state index contributed by atoms with van der Waals surface area (Å²) in [4.78, 5) is 0. The molecule has 0 bridgehead atoms. The molecule has 0 aliphatic carbocycles. The van der Waals surface area contributed by atoms with Gasteiger partial charge in [0, 0.05) is 6.04 Å². The highest BCUT2D eigenvalue weighted by Crippen LogP contribution is 2.19. The van der Waals surface area contributed by atoms with Crippen molar-refractivity contribution in [3.63, 3.8) is 0 Å². The minimum Gasteiger partial charge on any atom is -0.321 e. The van der Waals surface area contributed by atoms with E-state index in [1.165, 1.54) is 11.1 Å². The molecule has 1 unspecified atom stereocenters. The van der Waals surface area contributed by atoms with Gasteiger partial charge in [0.25, 0.3) is 0 Å². The van der Waals surface area contributed by atoms with E-state index in [0.717, 1.165) is 11.1 Å². The summed E-state index contributed by atoms with van der Waals surface area (Å²) >= 11 is 0. The topological polar surface area (TPSA) is 26.0 Å². The Kier molecular flexibility index (Phi) is 4.32. The Morgan fingerprint density at radius 3 is 2.42 bits per heavy atom. The highest BCUT2D eigenvalue weighted by atomic mass is 14.6. The second-order valence-corrected chi connectivity index (χ2v) is 4.62. The second kappa shape index (κ2) is 6.17. The van der Waals surface area contributed by atoms with Gasteiger partial charge in [0.05, 0.1) is 0 Å². The van der Waals surface area contributed by atoms with Crippen LogP contribution in [0.1, 0.15) is 28.3 Å². The summed E-state index contributed by atoms with van der Waals surface area (Å²) in [5.74, 6) is 0. The van der Waals surface area contributed by atoms with Crippen LogP contribution in [0.4, 0.5) is 0 Å². The number of hydrogen-bond acceptors (Lipinski definition) is 1. The van der Waals surface area contributed by atoms with Crippen LogP contribution < -0.4 is 5.73 Å². The van der Waals surface area contributed by atoms with E-state index in [0.29, 0.717) is 0 Å². The first kappa shape index (κ1) is 13.3. The van der Waals surface area contributed by atoms with Gasteiger partial charge in [-0.1, -0.05) is 73.3 Å². The first-order valence-electron chi connectivity index (χ1n) is 6.42. The van der Waals surface area contributed by atoms with E-state index in [4.69, 9.17) is 5.73 Å². The fraction of sp³-hybridized carbons (Fsp3) is 0.111. The molecule has 19 heavy (non-hydrogen) atoms. The monoisotopic (exact) mass is 249 g/mol. The SMILES string of the molecule is C=Cc1ccc(C(N)/C=C/c2ccccc2)c(C)c1. The third-order valence-corrected chi connectivity index (χ3v) is 3.18. The lowest BCUT2D eigenvalue weighted by molar-refractivity contribution is 0.904. The molecule has 0 aliphatic rings. The average Bonchev–Trinajstić information content (AvgIpc) is 2.45. The van der Waals surface area contributed by atoms with Crippen LogP contribution in [0.25, 0.3) is 12.2 Å². The van der Waals surface area contributed by atoms with Gasteiger partial charge in [-0.05, 0) is 29.2 Å². The standard InChI is InChI=1S/C18H19N/c1-3-15-9-11-17(14(2)13-15)18(19)12-10-16-7-5-4-6-8-16/h3-13,18H,1,19H2,2H3/b12-10+. The van der Waals surface area contributed by atoms with Crippen LogP contribution in [0.2, 0.25) is 0 Å².